The van der Waals surface area contributed by atoms with Crippen LogP contribution in [0.3, 0.4) is 0 Å². The molecule has 0 unspecified atom stereocenters. The summed E-state index contributed by atoms with van der Waals surface area (Å²) in [6, 6.07) is -0.495. The number of carbonyl (C=O) groups is 2. The first-order valence-electron chi connectivity index (χ1n) is 3.66. The van der Waals surface area contributed by atoms with Crippen LogP contribution in [0.25, 0.3) is 0 Å². The van der Waals surface area contributed by atoms with E-state index in [0.717, 1.165) is 0 Å². The maximum Gasteiger partial charge on any atom is 0.329 e. The van der Waals surface area contributed by atoms with Crippen LogP contribution < -0.4 is 5.32 Å². The highest BCUT2D eigenvalue weighted by Crippen LogP contribution is 2.06. The maximum absolute atomic E-state index is 11.0. The van der Waals surface area contributed by atoms with Crippen LogP contribution in [0.15, 0.2) is 0 Å². The van der Waals surface area contributed by atoms with Gasteiger partial charge in [-0.2, -0.15) is 0 Å². The Bertz CT molecular complexity index is 190. The third-order valence-electron chi connectivity index (χ3n) is 1.63. The van der Waals surface area contributed by atoms with E-state index in [2.05, 4.69) is 5.32 Å². The number of hydrogen-bond donors (Lipinski definition) is 1. The predicted octanol–water partition coefficient (Wildman–Crippen LogP) is -0.173. The molecule has 0 aromatic heterocycles. The molecule has 0 aliphatic carbocycles. The molecule has 1 amide bonds. The van der Waals surface area contributed by atoms with Crippen molar-refractivity contribution < 1.29 is 14.3 Å². The van der Waals surface area contributed by atoms with Crippen molar-refractivity contribution in [3.63, 3.8) is 0 Å². The average molecular weight is 157 g/mol. The molecule has 1 aliphatic heterocycles. The van der Waals surface area contributed by atoms with Crippen molar-refractivity contribution in [2.24, 2.45) is 0 Å². The predicted molar refractivity (Wildman–Crippen MR) is 37.8 cm³/mol. The van der Waals surface area contributed by atoms with Gasteiger partial charge in [-0.3, -0.25) is 4.79 Å². The number of hydrogen-bond acceptors (Lipinski definition) is 3. The Balaban J connectivity index is 2.62. The fourth-order valence-electron chi connectivity index (χ4n) is 0.930. The van der Waals surface area contributed by atoms with Crippen LogP contribution in [0, 0.1) is 0 Å². The lowest BCUT2D eigenvalue weighted by Crippen LogP contribution is -2.52. The van der Waals surface area contributed by atoms with Gasteiger partial charge in [-0.1, -0.05) is 6.92 Å². The molecule has 4 heteroatoms. The first-order valence-corrected chi connectivity index (χ1v) is 3.66. The van der Waals surface area contributed by atoms with Gasteiger partial charge in [0.2, 0.25) is 0 Å². The Kier molecular flexibility index (Phi) is 2.12. The summed E-state index contributed by atoms with van der Waals surface area (Å²) in [5.74, 6) is -0.545. The molecule has 4 nitrogen and oxygen atoms in total. The Morgan fingerprint density at radius 2 is 2.18 bits per heavy atom. The molecular formula is C7H11NO3. The standard InChI is InChI=1S/C7H11NO3/c1-3-5-6(9)8-4(2)7(10)11-5/h4-5H,3H2,1-2H3,(H,8,9)/t4-,5+/m0/s1. The zero-order valence-electron chi connectivity index (χ0n) is 6.59. The number of nitrogens with one attached hydrogen (secondary N) is 1. The van der Waals surface area contributed by atoms with Gasteiger partial charge in [0.1, 0.15) is 6.04 Å². The van der Waals surface area contributed by atoms with E-state index < -0.39 is 12.1 Å². The highest BCUT2D eigenvalue weighted by Gasteiger charge is 2.31. The minimum atomic E-state index is -0.585. The number of morpholine rings is 1. The van der Waals surface area contributed by atoms with E-state index in [1.165, 1.54) is 0 Å². The van der Waals surface area contributed by atoms with Crippen LogP contribution in [0.2, 0.25) is 0 Å². The van der Waals surface area contributed by atoms with Crippen LogP contribution in [-0.2, 0) is 14.3 Å². The second-order valence-electron chi connectivity index (χ2n) is 2.56. The SMILES string of the molecule is CC[C@H]1OC(=O)[C@H](C)NC1=O. The van der Waals surface area contributed by atoms with Crippen molar-refractivity contribution in [3.05, 3.63) is 0 Å². The minimum absolute atomic E-state index is 0.195. The van der Waals surface area contributed by atoms with Gasteiger partial charge >= 0.3 is 5.97 Å². The molecule has 0 aromatic rings. The van der Waals surface area contributed by atoms with Crippen LogP contribution in [0.5, 0.6) is 0 Å². The molecule has 0 saturated carbocycles. The second-order valence-corrected chi connectivity index (χ2v) is 2.56. The lowest BCUT2D eigenvalue weighted by Gasteiger charge is -2.25. The molecule has 0 bridgehead atoms. The summed E-state index contributed by atoms with van der Waals surface area (Å²) in [7, 11) is 0. The van der Waals surface area contributed by atoms with Crippen molar-refractivity contribution in [1.29, 1.82) is 0 Å². The van der Waals surface area contributed by atoms with Gasteiger partial charge in [0, 0.05) is 0 Å². The number of esters is 1. The molecule has 2 atom stereocenters. The largest absolute Gasteiger partial charge is 0.451 e. The lowest BCUT2D eigenvalue weighted by molar-refractivity contribution is -0.165. The molecule has 62 valence electrons. The van der Waals surface area contributed by atoms with Crippen molar-refractivity contribution in [2.75, 3.05) is 0 Å². The number of carbonyl (C=O) groups excluding carboxylic acids is 2. The number of cyclic esters (lactones) is 1. The summed E-state index contributed by atoms with van der Waals surface area (Å²) in [5, 5.41) is 2.52. The van der Waals surface area contributed by atoms with E-state index in [0.29, 0.717) is 6.42 Å². The Morgan fingerprint density at radius 3 is 2.73 bits per heavy atom. The van der Waals surface area contributed by atoms with Crippen LogP contribution in [0.1, 0.15) is 20.3 Å². The first-order chi connectivity index (χ1) is 5.15. The molecule has 1 rings (SSSR count). The minimum Gasteiger partial charge on any atom is -0.451 e. The zero-order valence-corrected chi connectivity index (χ0v) is 6.59. The van der Waals surface area contributed by atoms with Gasteiger partial charge in [-0.25, -0.2) is 4.79 Å². The summed E-state index contributed by atoms with van der Waals surface area (Å²) < 4.78 is 4.81. The maximum atomic E-state index is 11.0. The monoisotopic (exact) mass is 157 g/mol. The van der Waals surface area contributed by atoms with Gasteiger partial charge < -0.3 is 10.1 Å². The van der Waals surface area contributed by atoms with E-state index in [9.17, 15) is 9.59 Å². The molecule has 1 aliphatic rings. The topological polar surface area (TPSA) is 55.4 Å². The lowest BCUT2D eigenvalue weighted by atomic mass is 10.2. The van der Waals surface area contributed by atoms with Crippen LogP contribution in [-0.4, -0.2) is 24.0 Å². The van der Waals surface area contributed by atoms with E-state index >= 15 is 0 Å². The molecule has 1 N–H and O–H groups in total. The molecule has 0 spiro atoms. The fraction of sp³-hybridized carbons (Fsp3) is 0.714. The van der Waals surface area contributed by atoms with Crippen molar-refractivity contribution in [1.82, 2.24) is 5.32 Å². The van der Waals surface area contributed by atoms with Gasteiger partial charge in [0.05, 0.1) is 0 Å². The van der Waals surface area contributed by atoms with Crippen LogP contribution in [0.4, 0.5) is 0 Å². The van der Waals surface area contributed by atoms with Crippen molar-refractivity contribution in [3.8, 4) is 0 Å². The third-order valence-corrected chi connectivity index (χ3v) is 1.63. The fourth-order valence-corrected chi connectivity index (χ4v) is 0.930. The average Bonchev–Trinajstić information content (AvgIpc) is 1.97. The molecule has 1 saturated heterocycles. The van der Waals surface area contributed by atoms with Gasteiger partial charge in [-0.15, -0.1) is 0 Å². The molecule has 1 heterocycles. The summed E-state index contributed by atoms with van der Waals surface area (Å²) in [5.41, 5.74) is 0. The normalized spacial score (nSPS) is 31.1. The van der Waals surface area contributed by atoms with Gasteiger partial charge in [-0.05, 0) is 13.3 Å². The zero-order chi connectivity index (χ0) is 8.43. The van der Waals surface area contributed by atoms with E-state index in [1.54, 1.807) is 13.8 Å². The summed E-state index contributed by atoms with van der Waals surface area (Å²) >= 11 is 0. The van der Waals surface area contributed by atoms with Crippen molar-refractivity contribution in [2.45, 2.75) is 32.4 Å². The molecule has 1 fully saturated rings. The van der Waals surface area contributed by atoms with Gasteiger partial charge in [0.25, 0.3) is 5.91 Å². The number of ether oxygens (including phenoxy) is 1. The molecule has 0 radical (unpaired) electrons. The quantitative estimate of drug-likeness (QED) is 0.537. The Labute approximate surface area is 64.9 Å². The third kappa shape index (κ3) is 1.50. The molecule has 11 heavy (non-hydrogen) atoms. The number of amides is 1. The molecule has 0 aromatic carbocycles. The van der Waals surface area contributed by atoms with E-state index in [-0.39, 0.29) is 11.9 Å². The first kappa shape index (κ1) is 8.04. The molecular weight excluding hydrogens is 146 g/mol. The summed E-state index contributed by atoms with van der Waals surface area (Å²) in [4.78, 5) is 21.9. The second kappa shape index (κ2) is 2.90. The van der Waals surface area contributed by atoms with E-state index in [4.69, 9.17) is 4.74 Å². The Hall–Kier alpha value is -1.06. The van der Waals surface area contributed by atoms with Crippen LogP contribution >= 0.6 is 0 Å². The Morgan fingerprint density at radius 1 is 1.55 bits per heavy atom. The van der Waals surface area contributed by atoms with E-state index in [1.807, 2.05) is 0 Å². The summed E-state index contributed by atoms with van der Waals surface area (Å²) in [6.45, 7) is 3.40. The smallest absolute Gasteiger partial charge is 0.329 e. The highest BCUT2D eigenvalue weighted by molar-refractivity contribution is 5.92. The van der Waals surface area contributed by atoms with Gasteiger partial charge in [0.15, 0.2) is 6.10 Å². The summed E-state index contributed by atoms with van der Waals surface area (Å²) in [6.07, 6.45) is -0.0525. The van der Waals surface area contributed by atoms with Crippen molar-refractivity contribution >= 4 is 11.9 Å². The highest BCUT2D eigenvalue weighted by atomic mass is 16.6. The number of rotatable bonds is 1.